The van der Waals surface area contributed by atoms with E-state index in [9.17, 15) is 14.4 Å². The second-order valence-electron chi connectivity index (χ2n) is 3.98. The van der Waals surface area contributed by atoms with E-state index in [4.69, 9.17) is 0 Å². The standard InChI is InChI=1S/C12H7N3O4/c1-6(16)7-2-4-8(5-3-7)15-10-9(13-14-15)11(17)19-12(10)18/h2-5H,1H3. The van der Waals surface area contributed by atoms with E-state index in [0.717, 1.165) is 0 Å². The summed E-state index contributed by atoms with van der Waals surface area (Å²) >= 11 is 0. The third kappa shape index (κ3) is 1.63. The minimum absolute atomic E-state index is 0.000532. The number of aromatic nitrogens is 3. The van der Waals surface area contributed by atoms with Crippen molar-refractivity contribution in [3.8, 4) is 5.69 Å². The van der Waals surface area contributed by atoms with Crippen LogP contribution in [-0.4, -0.2) is 32.7 Å². The first-order chi connectivity index (χ1) is 9.08. The van der Waals surface area contributed by atoms with Crippen molar-refractivity contribution in [3.05, 3.63) is 41.2 Å². The Morgan fingerprint density at radius 1 is 1.16 bits per heavy atom. The molecule has 1 aromatic carbocycles. The first-order valence-corrected chi connectivity index (χ1v) is 5.41. The summed E-state index contributed by atoms with van der Waals surface area (Å²) in [6.45, 7) is 1.46. The molecule has 0 radical (unpaired) electrons. The molecule has 0 bridgehead atoms. The molecule has 0 spiro atoms. The van der Waals surface area contributed by atoms with Crippen molar-refractivity contribution in [2.75, 3.05) is 0 Å². The molecule has 0 saturated heterocycles. The number of hydrogen-bond donors (Lipinski definition) is 0. The van der Waals surface area contributed by atoms with E-state index < -0.39 is 11.9 Å². The Morgan fingerprint density at radius 3 is 2.47 bits per heavy atom. The molecule has 0 fully saturated rings. The molecule has 0 aliphatic carbocycles. The molecule has 1 aliphatic heterocycles. The molecule has 0 amide bonds. The summed E-state index contributed by atoms with van der Waals surface area (Å²) in [5.74, 6) is -1.64. The second-order valence-corrected chi connectivity index (χ2v) is 3.98. The van der Waals surface area contributed by atoms with Gasteiger partial charge in [0.2, 0.25) is 5.69 Å². The van der Waals surface area contributed by atoms with Gasteiger partial charge in [-0.3, -0.25) is 4.79 Å². The largest absolute Gasteiger partial charge is 0.383 e. The smallest absolute Gasteiger partial charge is 0.369 e. The van der Waals surface area contributed by atoms with Gasteiger partial charge in [0.1, 0.15) is 0 Å². The van der Waals surface area contributed by atoms with Crippen LogP contribution in [0.25, 0.3) is 5.69 Å². The lowest BCUT2D eigenvalue weighted by Crippen LogP contribution is -2.08. The first kappa shape index (κ1) is 11.3. The number of cyclic esters (lactones) is 2. The molecular formula is C12H7N3O4. The summed E-state index contributed by atoms with van der Waals surface area (Å²) in [6, 6.07) is 6.44. The summed E-state index contributed by atoms with van der Waals surface area (Å²) in [7, 11) is 0. The van der Waals surface area contributed by atoms with Gasteiger partial charge in [-0.25, -0.2) is 14.3 Å². The SMILES string of the molecule is CC(=O)c1ccc(-n2nnc3c2C(=O)OC3=O)cc1. The number of esters is 2. The molecule has 2 heterocycles. The minimum atomic E-state index is -0.799. The van der Waals surface area contributed by atoms with Gasteiger partial charge < -0.3 is 4.74 Å². The number of ketones is 1. The zero-order valence-electron chi connectivity index (χ0n) is 9.78. The van der Waals surface area contributed by atoms with Crippen LogP contribution in [0, 0.1) is 0 Å². The monoisotopic (exact) mass is 257 g/mol. The van der Waals surface area contributed by atoms with Crippen LogP contribution < -0.4 is 0 Å². The van der Waals surface area contributed by atoms with Crippen LogP contribution >= 0.6 is 0 Å². The Morgan fingerprint density at radius 2 is 1.84 bits per heavy atom. The lowest BCUT2D eigenvalue weighted by Gasteiger charge is -2.03. The van der Waals surface area contributed by atoms with Crippen LogP contribution in [0.2, 0.25) is 0 Å². The molecular weight excluding hydrogens is 250 g/mol. The number of carbonyl (C=O) groups excluding carboxylic acids is 3. The maximum atomic E-state index is 11.5. The van der Waals surface area contributed by atoms with Crippen molar-refractivity contribution in [2.24, 2.45) is 0 Å². The van der Waals surface area contributed by atoms with Crippen molar-refractivity contribution >= 4 is 17.7 Å². The highest BCUT2D eigenvalue weighted by Crippen LogP contribution is 2.20. The molecule has 3 rings (SSSR count). The Kier molecular flexibility index (Phi) is 2.28. The highest BCUT2D eigenvalue weighted by atomic mass is 16.6. The number of hydrogen-bond acceptors (Lipinski definition) is 6. The fraction of sp³-hybridized carbons (Fsp3) is 0.0833. The van der Waals surface area contributed by atoms with E-state index in [2.05, 4.69) is 15.0 Å². The van der Waals surface area contributed by atoms with Gasteiger partial charge in [-0.05, 0) is 31.2 Å². The van der Waals surface area contributed by atoms with Gasteiger partial charge in [0.15, 0.2) is 11.5 Å². The van der Waals surface area contributed by atoms with Crippen LogP contribution in [0.15, 0.2) is 24.3 Å². The molecule has 2 aromatic rings. The van der Waals surface area contributed by atoms with E-state index in [0.29, 0.717) is 11.3 Å². The zero-order valence-corrected chi connectivity index (χ0v) is 9.78. The Bertz CT molecular complexity index is 715. The van der Waals surface area contributed by atoms with Crippen molar-refractivity contribution in [1.29, 1.82) is 0 Å². The van der Waals surface area contributed by atoms with E-state index in [-0.39, 0.29) is 17.2 Å². The van der Waals surface area contributed by atoms with Gasteiger partial charge in [0, 0.05) is 5.56 Å². The number of carbonyl (C=O) groups is 3. The number of rotatable bonds is 2. The lowest BCUT2D eigenvalue weighted by molar-refractivity contribution is 0.0434. The molecule has 0 N–H and O–H groups in total. The number of fused-ring (bicyclic) bond motifs is 1. The van der Waals surface area contributed by atoms with Crippen LogP contribution in [0.3, 0.4) is 0 Å². The number of Topliss-reactive ketones (excluding diaryl/α,β-unsaturated/α-hetero) is 1. The van der Waals surface area contributed by atoms with Gasteiger partial charge in [-0.15, -0.1) is 5.10 Å². The topological polar surface area (TPSA) is 91.2 Å². The summed E-state index contributed by atoms with van der Waals surface area (Å²) in [5, 5.41) is 7.36. The van der Waals surface area contributed by atoms with Crippen molar-refractivity contribution in [3.63, 3.8) is 0 Å². The van der Waals surface area contributed by atoms with Gasteiger partial charge in [0.05, 0.1) is 5.69 Å². The van der Waals surface area contributed by atoms with E-state index >= 15 is 0 Å². The van der Waals surface area contributed by atoms with E-state index in [1.165, 1.54) is 11.6 Å². The second kappa shape index (κ2) is 3.84. The molecule has 0 atom stereocenters. The van der Waals surface area contributed by atoms with Crippen LogP contribution in [-0.2, 0) is 4.74 Å². The highest BCUT2D eigenvalue weighted by Gasteiger charge is 2.37. The van der Waals surface area contributed by atoms with Crippen LogP contribution in [0.4, 0.5) is 0 Å². The number of ether oxygens (including phenoxy) is 1. The van der Waals surface area contributed by atoms with Gasteiger partial charge in [-0.1, -0.05) is 5.21 Å². The zero-order chi connectivity index (χ0) is 13.6. The maximum absolute atomic E-state index is 11.5. The molecule has 0 saturated carbocycles. The van der Waals surface area contributed by atoms with E-state index in [1.807, 2.05) is 0 Å². The first-order valence-electron chi connectivity index (χ1n) is 5.41. The average Bonchev–Trinajstić information content (AvgIpc) is 2.93. The van der Waals surface area contributed by atoms with Gasteiger partial charge in [-0.2, -0.15) is 0 Å². The number of benzene rings is 1. The van der Waals surface area contributed by atoms with Crippen LogP contribution in [0.1, 0.15) is 38.3 Å². The molecule has 94 valence electrons. The molecule has 7 heteroatoms. The Balaban J connectivity index is 2.09. The van der Waals surface area contributed by atoms with Crippen molar-refractivity contribution < 1.29 is 19.1 Å². The number of nitrogens with zero attached hydrogens (tertiary/aromatic N) is 3. The van der Waals surface area contributed by atoms with Gasteiger partial charge in [0.25, 0.3) is 0 Å². The average molecular weight is 257 g/mol. The third-order valence-electron chi connectivity index (χ3n) is 2.76. The Labute approximate surface area is 106 Å². The minimum Gasteiger partial charge on any atom is -0.383 e. The van der Waals surface area contributed by atoms with E-state index in [1.54, 1.807) is 24.3 Å². The normalized spacial score (nSPS) is 13.3. The highest BCUT2D eigenvalue weighted by molar-refractivity contribution is 6.12. The third-order valence-corrected chi connectivity index (χ3v) is 2.76. The van der Waals surface area contributed by atoms with Crippen LogP contribution in [0.5, 0.6) is 0 Å². The van der Waals surface area contributed by atoms with Crippen molar-refractivity contribution in [1.82, 2.24) is 15.0 Å². The fourth-order valence-corrected chi connectivity index (χ4v) is 1.80. The Hall–Kier alpha value is -2.83. The quantitative estimate of drug-likeness (QED) is 0.448. The summed E-state index contributed by atoms with van der Waals surface area (Å²) in [5.41, 5.74) is 0.964. The summed E-state index contributed by atoms with van der Waals surface area (Å²) in [6.07, 6.45) is 0. The predicted molar refractivity (Wildman–Crippen MR) is 61.1 cm³/mol. The van der Waals surface area contributed by atoms with Gasteiger partial charge >= 0.3 is 11.9 Å². The molecule has 7 nitrogen and oxygen atoms in total. The molecule has 19 heavy (non-hydrogen) atoms. The molecule has 0 unspecified atom stereocenters. The van der Waals surface area contributed by atoms with Crippen molar-refractivity contribution in [2.45, 2.75) is 6.92 Å². The molecule has 1 aliphatic rings. The summed E-state index contributed by atoms with van der Waals surface area (Å²) < 4.78 is 5.66. The molecule has 1 aromatic heterocycles. The predicted octanol–water partition coefficient (Wildman–Crippen LogP) is 0.780. The maximum Gasteiger partial charge on any atom is 0.369 e. The summed E-state index contributed by atoms with van der Waals surface area (Å²) in [4.78, 5) is 33.9. The fourth-order valence-electron chi connectivity index (χ4n) is 1.80. The lowest BCUT2D eigenvalue weighted by atomic mass is 10.1.